The predicted octanol–water partition coefficient (Wildman–Crippen LogP) is 1.93. The summed E-state index contributed by atoms with van der Waals surface area (Å²) in [5, 5.41) is 0. The summed E-state index contributed by atoms with van der Waals surface area (Å²) in [5.74, 6) is -1.49. The van der Waals surface area contributed by atoms with Gasteiger partial charge in [-0.15, -0.1) is 0 Å². The first-order valence-electron chi connectivity index (χ1n) is 9.49. The number of hydrogen-bond donors (Lipinski definition) is 2. The van der Waals surface area contributed by atoms with E-state index in [0.717, 1.165) is 0 Å². The van der Waals surface area contributed by atoms with Gasteiger partial charge in [0, 0.05) is 43.9 Å². The van der Waals surface area contributed by atoms with Crippen molar-refractivity contribution in [3.05, 3.63) is 71.3 Å². The highest BCUT2D eigenvalue weighted by Crippen LogP contribution is 2.13. The normalized spacial score (nSPS) is 16.2. The maximum absolute atomic E-state index is 13.8. The number of halogens is 2. The Hall–Kier alpha value is -2.84. The van der Waals surface area contributed by atoms with Gasteiger partial charge in [0.05, 0.1) is 6.04 Å². The Morgan fingerprint density at radius 2 is 1.62 bits per heavy atom. The van der Waals surface area contributed by atoms with Crippen LogP contribution in [-0.4, -0.2) is 53.8 Å². The van der Waals surface area contributed by atoms with Crippen LogP contribution in [-0.2, 0) is 11.3 Å². The van der Waals surface area contributed by atoms with E-state index in [0.29, 0.717) is 38.3 Å². The topological polar surface area (TPSA) is 64.7 Å². The molecule has 0 aromatic heterocycles. The van der Waals surface area contributed by atoms with Crippen molar-refractivity contribution in [3.8, 4) is 0 Å². The monoisotopic (exact) mass is 402 g/mol. The Bertz CT molecular complexity index is 852. The van der Waals surface area contributed by atoms with Crippen LogP contribution in [0.25, 0.3) is 0 Å². The molecule has 0 aliphatic carbocycles. The van der Waals surface area contributed by atoms with Gasteiger partial charge < -0.3 is 0 Å². The maximum atomic E-state index is 13.8. The van der Waals surface area contributed by atoms with E-state index in [1.165, 1.54) is 30.3 Å². The van der Waals surface area contributed by atoms with Crippen LogP contribution in [0.5, 0.6) is 0 Å². The van der Waals surface area contributed by atoms with Crippen molar-refractivity contribution < 1.29 is 18.4 Å². The van der Waals surface area contributed by atoms with Gasteiger partial charge in [-0.2, -0.15) is 0 Å². The Kier molecular flexibility index (Phi) is 6.90. The summed E-state index contributed by atoms with van der Waals surface area (Å²) in [7, 11) is 0. The van der Waals surface area contributed by atoms with Crippen molar-refractivity contribution in [1.82, 2.24) is 20.7 Å². The van der Waals surface area contributed by atoms with Crippen LogP contribution >= 0.6 is 0 Å². The first kappa shape index (κ1) is 20.9. The minimum Gasteiger partial charge on any atom is -0.296 e. The van der Waals surface area contributed by atoms with Crippen LogP contribution in [0.15, 0.2) is 48.5 Å². The number of hydrogen-bond acceptors (Lipinski definition) is 4. The molecule has 1 heterocycles. The first-order chi connectivity index (χ1) is 13.9. The first-order valence-corrected chi connectivity index (χ1v) is 9.49. The Morgan fingerprint density at radius 1 is 0.966 bits per heavy atom. The SMILES string of the molecule is CC(C(=O)NNC(=O)c1ccc(F)cc1)N1CCN(Cc2ccccc2F)CC1. The fourth-order valence-electron chi connectivity index (χ4n) is 3.24. The average Bonchev–Trinajstić information content (AvgIpc) is 2.74. The largest absolute Gasteiger partial charge is 0.296 e. The number of amides is 2. The number of rotatable bonds is 5. The van der Waals surface area contributed by atoms with Gasteiger partial charge in [-0.3, -0.25) is 30.2 Å². The van der Waals surface area contributed by atoms with Crippen LogP contribution in [0.1, 0.15) is 22.8 Å². The van der Waals surface area contributed by atoms with Crippen LogP contribution in [0.4, 0.5) is 8.78 Å². The summed E-state index contributed by atoms with van der Waals surface area (Å²) in [4.78, 5) is 28.5. The summed E-state index contributed by atoms with van der Waals surface area (Å²) in [6.45, 7) is 5.06. The van der Waals surface area contributed by atoms with E-state index >= 15 is 0 Å². The molecule has 8 heteroatoms. The zero-order valence-electron chi connectivity index (χ0n) is 16.2. The fraction of sp³-hybridized carbons (Fsp3) is 0.333. The molecule has 2 aromatic carbocycles. The Morgan fingerprint density at radius 3 is 2.28 bits per heavy atom. The molecule has 0 spiro atoms. The lowest BCUT2D eigenvalue weighted by Gasteiger charge is -2.37. The highest BCUT2D eigenvalue weighted by atomic mass is 19.1. The number of piperazine rings is 1. The summed E-state index contributed by atoms with van der Waals surface area (Å²) in [6.07, 6.45) is 0. The average molecular weight is 402 g/mol. The summed E-state index contributed by atoms with van der Waals surface area (Å²) in [6, 6.07) is 11.3. The van der Waals surface area contributed by atoms with Crippen molar-refractivity contribution >= 4 is 11.8 Å². The molecule has 0 saturated carbocycles. The van der Waals surface area contributed by atoms with E-state index < -0.39 is 17.8 Å². The van der Waals surface area contributed by atoms with Crippen LogP contribution in [0.2, 0.25) is 0 Å². The van der Waals surface area contributed by atoms with E-state index in [1.807, 2.05) is 11.0 Å². The lowest BCUT2D eigenvalue weighted by molar-refractivity contribution is -0.127. The van der Waals surface area contributed by atoms with Gasteiger partial charge in [0.25, 0.3) is 11.8 Å². The van der Waals surface area contributed by atoms with Crippen LogP contribution in [0, 0.1) is 11.6 Å². The number of benzene rings is 2. The van der Waals surface area contributed by atoms with E-state index in [4.69, 9.17) is 0 Å². The van der Waals surface area contributed by atoms with Gasteiger partial charge in [-0.05, 0) is 37.3 Å². The molecule has 2 aromatic rings. The quantitative estimate of drug-likeness (QED) is 0.751. The number of carbonyl (C=O) groups excluding carboxylic acids is 2. The molecule has 1 fully saturated rings. The smallest absolute Gasteiger partial charge is 0.269 e. The van der Waals surface area contributed by atoms with Gasteiger partial charge in [-0.25, -0.2) is 8.78 Å². The Labute approximate surface area is 168 Å². The number of hydrazine groups is 1. The van der Waals surface area contributed by atoms with Crippen molar-refractivity contribution in [2.45, 2.75) is 19.5 Å². The molecule has 2 amide bonds. The van der Waals surface area contributed by atoms with Crippen LogP contribution in [0.3, 0.4) is 0 Å². The highest BCUT2D eigenvalue weighted by Gasteiger charge is 2.26. The number of carbonyl (C=O) groups is 2. The molecule has 154 valence electrons. The van der Waals surface area contributed by atoms with Crippen molar-refractivity contribution in [3.63, 3.8) is 0 Å². The van der Waals surface area contributed by atoms with Crippen molar-refractivity contribution in [2.75, 3.05) is 26.2 Å². The van der Waals surface area contributed by atoms with Crippen LogP contribution < -0.4 is 10.9 Å². The second-order valence-electron chi connectivity index (χ2n) is 7.03. The standard InChI is InChI=1S/C21H24F2N4O2/c1-15(20(28)24-25-21(29)16-6-8-18(22)9-7-16)27-12-10-26(11-13-27)14-17-4-2-3-5-19(17)23/h2-9,15H,10-14H2,1H3,(H,24,28)(H,25,29). The van der Waals surface area contributed by atoms with Gasteiger partial charge >= 0.3 is 0 Å². The molecule has 1 aliphatic rings. The van der Waals surface area contributed by atoms with Gasteiger partial charge in [0.1, 0.15) is 11.6 Å². The highest BCUT2D eigenvalue weighted by molar-refractivity contribution is 5.95. The van der Waals surface area contributed by atoms with E-state index in [2.05, 4.69) is 15.8 Å². The zero-order valence-corrected chi connectivity index (χ0v) is 16.2. The zero-order chi connectivity index (χ0) is 20.8. The Balaban J connectivity index is 1.44. The molecular weight excluding hydrogens is 378 g/mol. The maximum Gasteiger partial charge on any atom is 0.269 e. The second-order valence-corrected chi connectivity index (χ2v) is 7.03. The molecule has 29 heavy (non-hydrogen) atoms. The minimum atomic E-state index is -0.514. The molecular formula is C21H24F2N4O2. The van der Waals surface area contributed by atoms with E-state index in [1.54, 1.807) is 19.1 Å². The lowest BCUT2D eigenvalue weighted by atomic mass is 10.1. The molecule has 6 nitrogen and oxygen atoms in total. The molecule has 1 atom stereocenters. The second kappa shape index (κ2) is 9.58. The lowest BCUT2D eigenvalue weighted by Crippen LogP contribution is -2.56. The van der Waals surface area contributed by atoms with Crippen molar-refractivity contribution in [1.29, 1.82) is 0 Å². The minimum absolute atomic E-state index is 0.209. The fourth-order valence-corrected chi connectivity index (χ4v) is 3.24. The number of nitrogens with one attached hydrogen (secondary N) is 2. The third-order valence-electron chi connectivity index (χ3n) is 5.09. The van der Waals surface area contributed by atoms with E-state index in [9.17, 15) is 18.4 Å². The van der Waals surface area contributed by atoms with Gasteiger partial charge in [0.2, 0.25) is 0 Å². The molecule has 0 radical (unpaired) electrons. The van der Waals surface area contributed by atoms with Crippen molar-refractivity contribution in [2.24, 2.45) is 0 Å². The number of nitrogens with zero attached hydrogens (tertiary/aromatic N) is 2. The molecule has 1 unspecified atom stereocenters. The summed E-state index contributed by atoms with van der Waals surface area (Å²) in [5.41, 5.74) is 5.67. The molecule has 0 bridgehead atoms. The molecule has 2 N–H and O–H groups in total. The third-order valence-corrected chi connectivity index (χ3v) is 5.09. The van der Waals surface area contributed by atoms with Gasteiger partial charge in [0.15, 0.2) is 0 Å². The predicted molar refractivity (Wildman–Crippen MR) is 105 cm³/mol. The summed E-state index contributed by atoms with van der Waals surface area (Å²) < 4.78 is 26.7. The molecule has 1 saturated heterocycles. The molecule has 3 rings (SSSR count). The van der Waals surface area contributed by atoms with Gasteiger partial charge in [-0.1, -0.05) is 18.2 Å². The summed E-state index contributed by atoms with van der Waals surface area (Å²) >= 11 is 0. The third kappa shape index (κ3) is 5.58. The van der Waals surface area contributed by atoms with E-state index in [-0.39, 0.29) is 17.3 Å². The molecule has 1 aliphatic heterocycles.